The summed E-state index contributed by atoms with van der Waals surface area (Å²) in [6.07, 6.45) is 0. The summed E-state index contributed by atoms with van der Waals surface area (Å²) in [5, 5.41) is 21.3. The van der Waals surface area contributed by atoms with Gasteiger partial charge in [0.1, 0.15) is 6.04 Å². The summed E-state index contributed by atoms with van der Waals surface area (Å²) in [5.74, 6) is 0.159. The molecule has 1 unspecified atom stereocenters. The molecule has 5 nitrogen and oxygen atoms in total. The van der Waals surface area contributed by atoms with Gasteiger partial charge in [-0.2, -0.15) is 0 Å². The average molecular weight is 255 g/mol. The normalized spacial score (nSPS) is 23.6. The standard InChI is InChI=1S/C11H13NO4S/c1-16-9-4-6(2-3-8(9)13)10-12-7(5-17-10)11(14)15/h2-4,7,10,12-13H,5H2,1H3,(H,14,15)/t7-,10?/m1/s1. The number of carboxylic acid groups (broad SMARTS) is 1. The molecule has 17 heavy (non-hydrogen) atoms. The van der Waals surface area contributed by atoms with Crippen molar-refractivity contribution in [1.82, 2.24) is 5.32 Å². The van der Waals surface area contributed by atoms with Crippen LogP contribution in [0.5, 0.6) is 11.5 Å². The Balaban J connectivity index is 2.16. The second kappa shape index (κ2) is 4.85. The number of phenolic OH excluding ortho intramolecular Hbond substituents is 1. The van der Waals surface area contributed by atoms with Crippen LogP contribution in [0.2, 0.25) is 0 Å². The van der Waals surface area contributed by atoms with E-state index in [1.165, 1.54) is 18.9 Å². The van der Waals surface area contributed by atoms with Crippen molar-refractivity contribution in [3.8, 4) is 11.5 Å². The molecule has 92 valence electrons. The number of hydrogen-bond acceptors (Lipinski definition) is 5. The number of carbonyl (C=O) groups is 1. The van der Waals surface area contributed by atoms with Crippen LogP contribution in [0.4, 0.5) is 0 Å². The van der Waals surface area contributed by atoms with E-state index >= 15 is 0 Å². The molecule has 0 spiro atoms. The lowest BCUT2D eigenvalue weighted by Gasteiger charge is -2.13. The van der Waals surface area contributed by atoms with Crippen LogP contribution in [-0.2, 0) is 4.79 Å². The Hall–Kier alpha value is -1.40. The fourth-order valence-corrected chi connectivity index (χ4v) is 2.89. The molecular formula is C11H13NO4S. The summed E-state index contributed by atoms with van der Waals surface area (Å²) in [5.41, 5.74) is 0.897. The van der Waals surface area contributed by atoms with Gasteiger partial charge in [0.25, 0.3) is 0 Å². The van der Waals surface area contributed by atoms with Crippen LogP contribution < -0.4 is 10.1 Å². The van der Waals surface area contributed by atoms with Crippen LogP contribution >= 0.6 is 11.8 Å². The van der Waals surface area contributed by atoms with Crippen molar-refractivity contribution >= 4 is 17.7 Å². The van der Waals surface area contributed by atoms with Crippen molar-refractivity contribution in [3.05, 3.63) is 23.8 Å². The average Bonchev–Trinajstić information content (AvgIpc) is 2.79. The number of methoxy groups -OCH3 is 1. The minimum atomic E-state index is -0.842. The zero-order valence-electron chi connectivity index (χ0n) is 9.21. The second-order valence-electron chi connectivity index (χ2n) is 3.70. The van der Waals surface area contributed by atoms with Crippen molar-refractivity contribution in [2.75, 3.05) is 12.9 Å². The number of rotatable bonds is 3. The fraction of sp³-hybridized carbons (Fsp3) is 0.364. The smallest absolute Gasteiger partial charge is 0.321 e. The van der Waals surface area contributed by atoms with Gasteiger partial charge < -0.3 is 14.9 Å². The number of aromatic hydroxyl groups is 1. The summed E-state index contributed by atoms with van der Waals surface area (Å²) in [6.45, 7) is 0. The number of benzene rings is 1. The third-order valence-electron chi connectivity index (χ3n) is 2.59. The van der Waals surface area contributed by atoms with Gasteiger partial charge in [0.2, 0.25) is 0 Å². The van der Waals surface area contributed by atoms with E-state index in [9.17, 15) is 9.90 Å². The minimum Gasteiger partial charge on any atom is -0.504 e. The highest BCUT2D eigenvalue weighted by Crippen LogP contribution is 2.36. The number of thioether (sulfide) groups is 1. The molecule has 0 aliphatic carbocycles. The first kappa shape index (κ1) is 12.1. The third kappa shape index (κ3) is 2.48. The van der Waals surface area contributed by atoms with Crippen LogP contribution in [0.25, 0.3) is 0 Å². The van der Waals surface area contributed by atoms with Crippen molar-refractivity contribution in [3.63, 3.8) is 0 Å². The van der Waals surface area contributed by atoms with E-state index in [4.69, 9.17) is 9.84 Å². The molecule has 0 amide bonds. The Morgan fingerprint density at radius 3 is 2.94 bits per heavy atom. The molecule has 6 heteroatoms. The molecule has 0 bridgehead atoms. The van der Waals surface area contributed by atoms with Crippen molar-refractivity contribution < 1.29 is 19.7 Å². The molecule has 1 heterocycles. The zero-order chi connectivity index (χ0) is 12.4. The molecule has 0 radical (unpaired) electrons. The summed E-state index contributed by atoms with van der Waals surface area (Å²) in [7, 11) is 1.48. The molecule has 2 atom stereocenters. The van der Waals surface area contributed by atoms with Gasteiger partial charge in [-0.1, -0.05) is 6.07 Å². The number of carboxylic acids is 1. The van der Waals surface area contributed by atoms with Gasteiger partial charge in [0.15, 0.2) is 11.5 Å². The Bertz CT molecular complexity index is 437. The molecule has 1 aliphatic rings. The quantitative estimate of drug-likeness (QED) is 0.753. The Morgan fingerprint density at radius 1 is 1.59 bits per heavy atom. The number of ether oxygens (including phenoxy) is 1. The van der Waals surface area contributed by atoms with Gasteiger partial charge in [0, 0.05) is 5.75 Å². The molecular weight excluding hydrogens is 242 g/mol. The largest absolute Gasteiger partial charge is 0.504 e. The maximum absolute atomic E-state index is 10.8. The SMILES string of the molecule is COc1cc(C2N[C@@H](C(=O)O)CS2)ccc1O. The molecule has 0 saturated carbocycles. The highest BCUT2D eigenvalue weighted by Gasteiger charge is 2.30. The van der Waals surface area contributed by atoms with Gasteiger partial charge in [-0.3, -0.25) is 10.1 Å². The molecule has 2 rings (SSSR count). The van der Waals surface area contributed by atoms with E-state index < -0.39 is 12.0 Å². The monoisotopic (exact) mass is 255 g/mol. The van der Waals surface area contributed by atoms with Gasteiger partial charge in [-0.25, -0.2) is 0 Å². The molecule has 1 fully saturated rings. The highest BCUT2D eigenvalue weighted by atomic mass is 32.2. The van der Waals surface area contributed by atoms with E-state index in [2.05, 4.69) is 5.32 Å². The van der Waals surface area contributed by atoms with Gasteiger partial charge in [-0.05, 0) is 17.7 Å². The maximum atomic E-state index is 10.8. The van der Waals surface area contributed by atoms with Gasteiger partial charge >= 0.3 is 5.97 Å². The second-order valence-corrected chi connectivity index (χ2v) is 4.84. The van der Waals surface area contributed by atoms with E-state index in [1.54, 1.807) is 18.2 Å². The molecule has 3 N–H and O–H groups in total. The van der Waals surface area contributed by atoms with E-state index in [0.29, 0.717) is 11.5 Å². The Labute approximate surface area is 103 Å². The van der Waals surface area contributed by atoms with Gasteiger partial charge in [0.05, 0.1) is 12.5 Å². The summed E-state index contributed by atoms with van der Waals surface area (Å²) < 4.78 is 5.02. The van der Waals surface area contributed by atoms with Crippen LogP contribution in [0.15, 0.2) is 18.2 Å². The van der Waals surface area contributed by atoms with Crippen LogP contribution in [0, 0.1) is 0 Å². The molecule has 0 aromatic heterocycles. The lowest BCUT2D eigenvalue weighted by Crippen LogP contribution is -2.33. The fourth-order valence-electron chi connectivity index (χ4n) is 1.66. The predicted octanol–water partition coefficient (Wildman–Crippen LogP) is 1.19. The number of nitrogens with one attached hydrogen (secondary N) is 1. The van der Waals surface area contributed by atoms with E-state index in [0.717, 1.165) is 5.56 Å². The summed E-state index contributed by atoms with van der Waals surface area (Å²) in [6, 6.07) is 4.49. The first-order valence-electron chi connectivity index (χ1n) is 5.09. The molecule has 1 aliphatic heterocycles. The predicted molar refractivity (Wildman–Crippen MR) is 64.4 cm³/mol. The highest BCUT2D eigenvalue weighted by molar-refractivity contribution is 7.99. The number of hydrogen-bond donors (Lipinski definition) is 3. The maximum Gasteiger partial charge on any atom is 0.321 e. The first-order chi connectivity index (χ1) is 8.11. The lowest BCUT2D eigenvalue weighted by molar-refractivity contribution is -0.138. The third-order valence-corrected chi connectivity index (χ3v) is 3.85. The summed E-state index contributed by atoms with van der Waals surface area (Å²) >= 11 is 1.53. The summed E-state index contributed by atoms with van der Waals surface area (Å²) in [4.78, 5) is 10.8. The first-order valence-corrected chi connectivity index (χ1v) is 6.14. The number of phenols is 1. The van der Waals surface area contributed by atoms with E-state index in [-0.39, 0.29) is 11.1 Å². The molecule has 1 aromatic rings. The zero-order valence-corrected chi connectivity index (χ0v) is 10.0. The van der Waals surface area contributed by atoms with Crippen molar-refractivity contribution in [2.24, 2.45) is 0 Å². The lowest BCUT2D eigenvalue weighted by atomic mass is 10.2. The van der Waals surface area contributed by atoms with Crippen LogP contribution in [0.1, 0.15) is 10.9 Å². The Kier molecular flexibility index (Phi) is 3.44. The van der Waals surface area contributed by atoms with Crippen LogP contribution in [-0.4, -0.2) is 35.1 Å². The Morgan fingerprint density at radius 2 is 2.35 bits per heavy atom. The van der Waals surface area contributed by atoms with Gasteiger partial charge in [-0.15, -0.1) is 11.8 Å². The van der Waals surface area contributed by atoms with Crippen molar-refractivity contribution in [1.29, 1.82) is 0 Å². The topological polar surface area (TPSA) is 78.8 Å². The van der Waals surface area contributed by atoms with E-state index in [1.807, 2.05) is 0 Å². The molecule has 1 aromatic carbocycles. The molecule has 1 saturated heterocycles. The van der Waals surface area contributed by atoms with Crippen LogP contribution in [0.3, 0.4) is 0 Å². The number of aliphatic carboxylic acids is 1. The minimum absolute atomic E-state index is 0.0778. The van der Waals surface area contributed by atoms with Crippen molar-refractivity contribution in [2.45, 2.75) is 11.4 Å².